The van der Waals surface area contributed by atoms with Crippen LogP contribution in [0.15, 0.2) is 24.3 Å². The molecule has 0 heterocycles. The molecule has 0 saturated heterocycles. The maximum Gasteiger partial charge on any atom is 0.176 e. The Balaban J connectivity index is 2.59. The monoisotopic (exact) mass is 267 g/mol. The molecule has 0 aliphatic carbocycles. The molecular formula is C15H25NO3. The van der Waals surface area contributed by atoms with Crippen LogP contribution in [0.2, 0.25) is 0 Å². The number of methoxy groups -OCH3 is 1. The van der Waals surface area contributed by atoms with Crippen LogP contribution in [0, 0.1) is 0 Å². The second-order valence-electron chi connectivity index (χ2n) is 4.99. The van der Waals surface area contributed by atoms with Gasteiger partial charge in [0, 0.05) is 13.2 Å². The largest absolute Gasteiger partial charge is 0.473 e. The molecule has 0 aliphatic heterocycles. The maximum absolute atomic E-state index is 9.69. The lowest BCUT2D eigenvalue weighted by Crippen LogP contribution is -2.46. The summed E-state index contributed by atoms with van der Waals surface area (Å²) >= 11 is 0. The quantitative estimate of drug-likeness (QED) is 0.707. The van der Waals surface area contributed by atoms with Gasteiger partial charge in [-0.1, -0.05) is 12.1 Å². The van der Waals surface area contributed by atoms with Crippen LogP contribution in [0.5, 0.6) is 5.75 Å². The van der Waals surface area contributed by atoms with Crippen molar-refractivity contribution >= 4 is 0 Å². The molecule has 0 saturated carbocycles. The highest BCUT2D eigenvalue weighted by atomic mass is 16.5. The third-order valence-corrected chi connectivity index (χ3v) is 2.72. The van der Waals surface area contributed by atoms with Gasteiger partial charge < -0.3 is 14.6 Å². The molecule has 2 unspecified atom stereocenters. The molecule has 0 amide bonds. The lowest BCUT2D eigenvalue weighted by molar-refractivity contribution is 0.0218. The molecule has 108 valence electrons. The smallest absolute Gasteiger partial charge is 0.176 e. The van der Waals surface area contributed by atoms with E-state index in [1.54, 1.807) is 14.0 Å². The average Bonchev–Trinajstić information content (AvgIpc) is 2.36. The van der Waals surface area contributed by atoms with Crippen molar-refractivity contribution in [2.45, 2.75) is 45.6 Å². The third-order valence-electron chi connectivity index (χ3n) is 2.72. The molecule has 1 rings (SSSR count). The number of aliphatic hydroxyl groups is 1. The molecular weight excluding hydrogens is 242 g/mol. The normalized spacial score (nSPS) is 14.4. The minimum Gasteiger partial charge on any atom is -0.473 e. The van der Waals surface area contributed by atoms with Crippen molar-refractivity contribution in [2.24, 2.45) is 0 Å². The Kier molecular flexibility index (Phi) is 6.84. The van der Waals surface area contributed by atoms with E-state index in [1.165, 1.54) is 5.56 Å². The topological polar surface area (TPSA) is 50.7 Å². The fraction of sp³-hybridized carbons (Fsp3) is 0.600. The van der Waals surface area contributed by atoms with Gasteiger partial charge >= 0.3 is 0 Å². The van der Waals surface area contributed by atoms with Gasteiger partial charge in [-0.15, -0.1) is 0 Å². The van der Waals surface area contributed by atoms with Crippen LogP contribution in [0.4, 0.5) is 0 Å². The van der Waals surface area contributed by atoms with Crippen LogP contribution in [0.3, 0.4) is 0 Å². The van der Waals surface area contributed by atoms with Gasteiger partial charge in [0.05, 0.1) is 6.61 Å². The first-order valence-electron chi connectivity index (χ1n) is 6.71. The highest BCUT2D eigenvalue weighted by Crippen LogP contribution is 2.15. The van der Waals surface area contributed by atoms with Gasteiger partial charge in [0.2, 0.25) is 0 Å². The number of benzene rings is 1. The molecule has 2 atom stereocenters. The van der Waals surface area contributed by atoms with Crippen molar-refractivity contribution in [3.05, 3.63) is 29.8 Å². The fourth-order valence-electron chi connectivity index (χ4n) is 1.70. The Morgan fingerprint density at radius 2 is 1.79 bits per heavy atom. The number of aliphatic hydroxyl groups excluding tert-OH is 1. The first-order valence-corrected chi connectivity index (χ1v) is 6.71. The van der Waals surface area contributed by atoms with E-state index in [9.17, 15) is 5.11 Å². The molecule has 0 radical (unpaired) electrons. The average molecular weight is 267 g/mol. The van der Waals surface area contributed by atoms with E-state index in [1.807, 2.05) is 38.1 Å². The summed E-state index contributed by atoms with van der Waals surface area (Å²) in [6.07, 6.45) is -0.0821. The van der Waals surface area contributed by atoms with Gasteiger partial charge in [-0.3, -0.25) is 5.32 Å². The molecule has 0 bridgehead atoms. The summed E-state index contributed by atoms with van der Waals surface area (Å²) in [4.78, 5) is 0. The standard InChI is InChI=1S/C15H25NO3/c1-11(2)16-15(12(3)17)19-14-7-5-13(6-8-14)9-10-18-4/h5-8,11-12,15-17H,9-10H2,1-4H3. The summed E-state index contributed by atoms with van der Waals surface area (Å²) in [5.74, 6) is 0.750. The lowest BCUT2D eigenvalue weighted by Gasteiger charge is -2.25. The van der Waals surface area contributed by atoms with E-state index < -0.39 is 12.3 Å². The predicted molar refractivity (Wildman–Crippen MR) is 76.4 cm³/mol. The van der Waals surface area contributed by atoms with E-state index >= 15 is 0 Å². The Morgan fingerprint density at radius 3 is 2.26 bits per heavy atom. The summed E-state index contributed by atoms with van der Waals surface area (Å²) in [5.41, 5.74) is 1.21. The van der Waals surface area contributed by atoms with E-state index in [0.29, 0.717) is 6.61 Å². The highest BCUT2D eigenvalue weighted by molar-refractivity contribution is 5.27. The molecule has 4 heteroatoms. The van der Waals surface area contributed by atoms with Gasteiger partial charge in [-0.05, 0) is 44.9 Å². The predicted octanol–water partition coefficient (Wildman–Crippen LogP) is 1.96. The minimum atomic E-state index is -0.574. The van der Waals surface area contributed by atoms with Gasteiger partial charge in [-0.2, -0.15) is 0 Å². The van der Waals surface area contributed by atoms with Crippen LogP contribution < -0.4 is 10.1 Å². The molecule has 0 aliphatic rings. The molecule has 19 heavy (non-hydrogen) atoms. The number of ether oxygens (including phenoxy) is 2. The second kappa shape index (κ2) is 8.15. The summed E-state index contributed by atoms with van der Waals surface area (Å²) in [5, 5.41) is 12.9. The van der Waals surface area contributed by atoms with Crippen LogP contribution in [-0.4, -0.2) is 37.2 Å². The Bertz CT molecular complexity index is 349. The lowest BCUT2D eigenvalue weighted by atomic mass is 10.1. The van der Waals surface area contributed by atoms with Crippen molar-refractivity contribution in [1.82, 2.24) is 5.32 Å². The Labute approximate surface area is 115 Å². The summed E-state index contributed by atoms with van der Waals surface area (Å²) in [6, 6.07) is 8.12. The first kappa shape index (κ1) is 16.0. The molecule has 1 aromatic carbocycles. The number of nitrogens with one attached hydrogen (secondary N) is 1. The summed E-state index contributed by atoms with van der Waals surface area (Å²) in [6.45, 7) is 6.47. The molecule has 0 aromatic heterocycles. The van der Waals surface area contributed by atoms with Gasteiger partial charge in [0.25, 0.3) is 0 Å². The maximum atomic E-state index is 9.69. The Morgan fingerprint density at radius 1 is 1.16 bits per heavy atom. The van der Waals surface area contributed by atoms with Gasteiger partial charge in [0.1, 0.15) is 11.9 Å². The molecule has 2 N–H and O–H groups in total. The van der Waals surface area contributed by atoms with Crippen molar-refractivity contribution in [3.8, 4) is 5.75 Å². The zero-order chi connectivity index (χ0) is 14.3. The fourth-order valence-corrected chi connectivity index (χ4v) is 1.70. The van der Waals surface area contributed by atoms with Gasteiger partial charge in [-0.25, -0.2) is 0 Å². The highest BCUT2D eigenvalue weighted by Gasteiger charge is 2.17. The molecule has 0 spiro atoms. The third kappa shape index (κ3) is 6.05. The summed E-state index contributed by atoms with van der Waals surface area (Å²) < 4.78 is 10.8. The number of hydrogen-bond donors (Lipinski definition) is 2. The van der Waals surface area contributed by atoms with Crippen molar-refractivity contribution in [1.29, 1.82) is 0 Å². The van der Waals surface area contributed by atoms with Crippen LogP contribution in [-0.2, 0) is 11.2 Å². The number of rotatable bonds is 8. The second-order valence-corrected chi connectivity index (χ2v) is 4.99. The zero-order valence-electron chi connectivity index (χ0n) is 12.2. The SMILES string of the molecule is COCCc1ccc(OC(NC(C)C)C(C)O)cc1. The van der Waals surface area contributed by atoms with Crippen molar-refractivity contribution < 1.29 is 14.6 Å². The van der Waals surface area contributed by atoms with Crippen LogP contribution in [0.25, 0.3) is 0 Å². The van der Waals surface area contributed by atoms with Crippen molar-refractivity contribution in [3.63, 3.8) is 0 Å². The van der Waals surface area contributed by atoms with E-state index in [4.69, 9.17) is 9.47 Å². The molecule has 4 nitrogen and oxygen atoms in total. The van der Waals surface area contributed by atoms with Crippen molar-refractivity contribution in [2.75, 3.05) is 13.7 Å². The molecule has 0 fully saturated rings. The van der Waals surface area contributed by atoms with E-state index in [0.717, 1.165) is 12.2 Å². The summed E-state index contributed by atoms with van der Waals surface area (Å²) in [7, 11) is 1.70. The Hall–Kier alpha value is -1.10. The first-order chi connectivity index (χ1) is 9.02. The van der Waals surface area contributed by atoms with Crippen LogP contribution in [0.1, 0.15) is 26.3 Å². The molecule has 1 aromatic rings. The number of hydrogen-bond acceptors (Lipinski definition) is 4. The van der Waals surface area contributed by atoms with Crippen LogP contribution >= 0.6 is 0 Å². The van der Waals surface area contributed by atoms with E-state index in [2.05, 4.69) is 5.32 Å². The van der Waals surface area contributed by atoms with E-state index in [-0.39, 0.29) is 6.04 Å². The minimum absolute atomic E-state index is 0.251. The zero-order valence-corrected chi connectivity index (χ0v) is 12.2. The van der Waals surface area contributed by atoms with Gasteiger partial charge in [0.15, 0.2) is 6.23 Å².